The Morgan fingerprint density at radius 2 is 2.25 bits per heavy atom. The molecule has 0 aromatic heterocycles. The van der Waals surface area contributed by atoms with Gasteiger partial charge in [-0.3, -0.25) is 0 Å². The highest BCUT2D eigenvalue weighted by atomic mass is 14.9. The molecule has 0 bridgehead atoms. The van der Waals surface area contributed by atoms with Crippen molar-refractivity contribution in [1.82, 2.24) is 5.32 Å². The number of hydrogen-bond acceptors (Lipinski definition) is 2. The summed E-state index contributed by atoms with van der Waals surface area (Å²) in [5.74, 6) is 0. The minimum Gasteiger partial charge on any atom is -0.399 e. The number of benzene rings is 1. The minimum absolute atomic E-state index is 0.837. The van der Waals surface area contributed by atoms with Crippen LogP contribution in [0.5, 0.6) is 0 Å². The zero-order chi connectivity index (χ0) is 8.55. The quantitative estimate of drug-likeness (QED) is 0.563. The van der Waals surface area contributed by atoms with Gasteiger partial charge in [-0.05, 0) is 24.1 Å². The van der Waals surface area contributed by atoms with E-state index in [0.717, 1.165) is 24.4 Å². The van der Waals surface area contributed by atoms with Gasteiger partial charge in [0.25, 0.3) is 0 Å². The van der Waals surface area contributed by atoms with Crippen LogP contribution in [0.15, 0.2) is 24.8 Å². The molecule has 1 aromatic carbocycles. The molecule has 0 fully saturated rings. The second-order valence-corrected chi connectivity index (χ2v) is 3.07. The van der Waals surface area contributed by atoms with Gasteiger partial charge in [0.05, 0.1) is 0 Å². The van der Waals surface area contributed by atoms with Crippen molar-refractivity contribution in [1.29, 1.82) is 0 Å². The Hall–Kier alpha value is -1.44. The van der Waals surface area contributed by atoms with Gasteiger partial charge in [-0.25, -0.2) is 0 Å². The third-order valence-corrected chi connectivity index (χ3v) is 2.19. The molecular weight excluding hydrogens is 148 g/mol. The van der Waals surface area contributed by atoms with Gasteiger partial charge in [0.2, 0.25) is 0 Å². The van der Waals surface area contributed by atoms with Gasteiger partial charge < -0.3 is 11.1 Å². The molecule has 1 aliphatic heterocycles. The van der Waals surface area contributed by atoms with Crippen LogP contribution in [0.3, 0.4) is 0 Å². The standard InChI is InChI=1S/C10H12N2/c1-7-10-3-2-9(11)6-8(10)4-5-12-7/h2-3,6,12H,1,4-5,11H2. The van der Waals surface area contributed by atoms with Crippen molar-refractivity contribution in [2.45, 2.75) is 6.42 Å². The number of hydrogen-bond donors (Lipinski definition) is 2. The van der Waals surface area contributed by atoms with E-state index in [1.54, 1.807) is 0 Å². The SMILES string of the molecule is C=C1NCCc2cc(N)ccc21. The van der Waals surface area contributed by atoms with Crippen LogP contribution in [-0.4, -0.2) is 6.54 Å². The van der Waals surface area contributed by atoms with Crippen LogP contribution in [0.1, 0.15) is 11.1 Å². The first kappa shape index (κ1) is 7.22. The summed E-state index contributed by atoms with van der Waals surface area (Å²) in [6.07, 6.45) is 1.04. The lowest BCUT2D eigenvalue weighted by atomic mass is 9.98. The van der Waals surface area contributed by atoms with Crippen LogP contribution < -0.4 is 11.1 Å². The smallest absolute Gasteiger partial charge is 0.0343 e. The third kappa shape index (κ3) is 1.05. The lowest BCUT2D eigenvalue weighted by Crippen LogP contribution is -2.21. The maximum Gasteiger partial charge on any atom is 0.0343 e. The van der Waals surface area contributed by atoms with Crippen molar-refractivity contribution in [3.63, 3.8) is 0 Å². The van der Waals surface area contributed by atoms with E-state index in [-0.39, 0.29) is 0 Å². The Labute approximate surface area is 72.1 Å². The van der Waals surface area contributed by atoms with Gasteiger partial charge in [-0.15, -0.1) is 0 Å². The van der Waals surface area contributed by atoms with Crippen LogP contribution in [0.25, 0.3) is 5.70 Å². The Balaban J connectivity index is 2.53. The summed E-state index contributed by atoms with van der Waals surface area (Å²) in [7, 11) is 0. The fourth-order valence-corrected chi connectivity index (χ4v) is 1.56. The van der Waals surface area contributed by atoms with Crippen LogP contribution in [-0.2, 0) is 6.42 Å². The lowest BCUT2D eigenvalue weighted by molar-refractivity contribution is 0.816. The summed E-state index contributed by atoms with van der Waals surface area (Å²) in [6, 6.07) is 5.97. The van der Waals surface area contributed by atoms with Gasteiger partial charge in [-0.2, -0.15) is 0 Å². The lowest BCUT2D eigenvalue weighted by Gasteiger charge is -2.20. The summed E-state index contributed by atoms with van der Waals surface area (Å²) in [6.45, 7) is 4.90. The van der Waals surface area contributed by atoms with Gasteiger partial charge in [0, 0.05) is 23.5 Å². The molecule has 0 aliphatic carbocycles. The van der Waals surface area contributed by atoms with Crippen molar-refractivity contribution in [2.24, 2.45) is 0 Å². The highest BCUT2D eigenvalue weighted by Crippen LogP contribution is 2.22. The molecule has 1 aliphatic rings. The van der Waals surface area contributed by atoms with Gasteiger partial charge >= 0.3 is 0 Å². The van der Waals surface area contributed by atoms with E-state index in [4.69, 9.17) is 5.73 Å². The molecule has 12 heavy (non-hydrogen) atoms. The highest BCUT2D eigenvalue weighted by Gasteiger charge is 2.10. The monoisotopic (exact) mass is 160 g/mol. The Morgan fingerprint density at radius 3 is 3.08 bits per heavy atom. The Bertz CT molecular complexity index is 329. The van der Waals surface area contributed by atoms with E-state index in [1.807, 2.05) is 18.2 Å². The molecule has 0 amide bonds. The van der Waals surface area contributed by atoms with E-state index in [2.05, 4.69) is 11.9 Å². The second-order valence-electron chi connectivity index (χ2n) is 3.07. The largest absolute Gasteiger partial charge is 0.399 e. The van der Waals surface area contributed by atoms with Crippen molar-refractivity contribution in [2.75, 3.05) is 12.3 Å². The van der Waals surface area contributed by atoms with E-state index in [1.165, 1.54) is 11.1 Å². The summed E-state index contributed by atoms with van der Waals surface area (Å²) >= 11 is 0. The average Bonchev–Trinajstić information content (AvgIpc) is 2.04. The first-order valence-corrected chi connectivity index (χ1v) is 4.09. The molecule has 1 aromatic rings. The van der Waals surface area contributed by atoms with E-state index < -0.39 is 0 Å². The van der Waals surface area contributed by atoms with Crippen molar-refractivity contribution < 1.29 is 0 Å². The molecule has 1 heterocycles. The van der Waals surface area contributed by atoms with Crippen molar-refractivity contribution in [3.8, 4) is 0 Å². The predicted molar refractivity (Wildman–Crippen MR) is 51.6 cm³/mol. The molecular formula is C10H12N2. The molecule has 0 saturated carbocycles. The number of anilines is 1. The van der Waals surface area contributed by atoms with E-state index >= 15 is 0 Å². The van der Waals surface area contributed by atoms with Crippen molar-refractivity contribution in [3.05, 3.63) is 35.9 Å². The normalized spacial score (nSPS) is 15.2. The van der Waals surface area contributed by atoms with Gasteiger partial charge in [-0.1, -0.05) is 12.6 Å². The number of nitrogen functional groups attached to an aromatic ring is 1. The molecule has 2 nitrogen and oxygen atoms in total. The summed E-state index contributed by atoms with van der Waals surface area (Å²) in [5, 5.41) is 3.22. The molecule has 0 saturated heterocycles. The molecule has 0 unspecified atom stereocenters. The number of fused-ring (bicyclic) bond motifs is 1. The van der Waals surface area contributed by atoms with Crippen LogP contribution >= 0.6 is 0 Å². The molecule has 0 radical (unpaired) electrons. The highest BCUT2D eigenvalue weighted by molar-refractivity contribution is 5.68. The minimum atomic E-state index is 0.837. The summed E-state index contributed by atoms with van der Waals surface area (Å²) in [4.78, 5) is 0. The van der Waals surface area contributed by atoms with Crippen LogP contribution in [0.4, 0.5) is 5.69 Å². The Kier molecular flexibility index (Phi) is 1.54. The second kappa shape index (κ2) is 2.55. The first-order valence-electron chi connectivity index (χ1n) is 4.09. The maximum atomic E-state index is 5.68. The van der Waals surface area contributed by atoms with Gasteiger partial charge in [0.1, 0.15) is 0 Å². The zero-order valence-corrected chi connectivity index (χ0v) is 6.93. The first-order chi connectivity index (χ1) is 5.77. The number of nitrogens with two attached hydrogens (primary N) is 1. The van der Waals surface area contributed by atoms with E-state index in [9.17, 15) is 0 Å². The molecule has 3 N–H and O–H groups in total. The topological polar surface area (TPSA) is 38.0 Å². The summed E-state index contributed by atoms with van der Waals surface area (Å²) < 4.78 is 0. The number of nitrogens with one attached hydrogen (secondary N) is 1. The molecule has 2 rings (SSSR count). The summed E-state index contributed by atoms with van der Waals surface area (Å²) in [5.41, 5.74) is 10.0. The average molecular weight is 160 g/mol. The molecule has 62 valence electrons. The molecule has 0 spiro atoms. The third-order valence-electron chi connectivity index (χ3n) is 2.19. The number of rotatable bonds is 0. The maximum absolute atomic E-state index is 5.68. The van der Waals surface area contributed by atoms with E-state index in [0.29, 0.717) is 0 Å². The van der Waals surface area contributed by atoms with Gasteiger partial charge in [0.15, 0.2) is 0 Å². The molecule has 0 atom stereocenters. The van der Waals surface area contributed by atoms with Crippen LogP contribution in [0.2, 0.25) is 0 Å². The predicted octanol–water partition coefficient (Wildman–Crippen LogP) is 1.39. The van der Waals surface area contributed by atoms with Crippen molar-refractivity contribution >= 4 is 11.4 Å². The fraction of sp³-hybridized carbons (Fsp3) is 0.200. The zero-order valence-electron chi connectivity index (χ0n) is 6.93. The fourth-order valence-electron chi connectivity index (χ4n) is 1.56. The Morgan fingerprint density at radius 1 is 1.42 bits per heavy atom. The van der Waals surface area contributed by atoms with Crippen LogP contribution in [0, 0.1) is 0 Å². The molecule has 2 heteroatoms.